The van der Waals surface area contributed by atoms with E-state index in [-0.39, 0.29) is 0 Å². The fourth-order valence-electron chi connectivity index (χ4n) is 2.94. The third-order valence-corrected chi connectivity index (χ3v) is 3.78. The zero-order valence-corrected chi connectivity index (χ0v) is 15.0. The molecule has 0 amide bonds. The average molecular weight is 280 g/mol. The summed E-state index contributed by atoms with van der Waals surface area (Å²) in [5.74, 6) is 1.42. The Morgan fingerprint density at radius 1 is 1.25 bits per heavy atom. The summed E-state index contributed by atoms with van der Waals surface area (Å²) in [6, 6.07) is 0. The Kier molecular flexibility index (Phi) is 9.13. The van der Waals surface area contributed by atoms with E-state index in [2.05, 4.69) is 72.3 Å². The minimum Gasteiger partial charge on any atom is -0.309 e. The second kappa shape index (κ2) is 9.39. The van der Waals surface area contributed by atoms with Gasteiger partial charge in [0.25, 0.3) is 0 Å². The first kappa shape index (κ1) is 19.4. The molecule has 0 bridgehead atoms. The van der Waals surface area contributed by atoms with Gasteiger partial charge in [-0.25, -0.2) is 0 Å². The predicted octanol–water partition coefficient (Wildman–Crippen LogP) is 5.54. The van der Waals surface area contributed by atoms with Gasteiger partial charge in [0.2, 0.25) is 0 Å². The highest BCUT2D eigenvalue weighted by Crippen LogP contribution is 2.27. The molecule has 0 rings (SSSR count). The van der Waals surface area contributed by atoms with Crippen LogP contribution in [0.3, 0.4) is 0 Å². The molecule has 0 aliphatic heterocycles. The highest BCUT2D eigenvalue weighted by molar-refractivity contribution is 5.17. The summed E-state index contributed by atoms with van der Waals surface area (Å²) >= 11 is 0. The highest BCUT2D eigenvalue weighted by atomic mass is 15.1. The van der Waals surface area contributed by atoms with Gasteiger partial charge in [-0.05, 0) is 44.2 Å². The van der Waals surface area contributed by atoms with Gasteiger partial charge in [0.05, 0.1) is 0 Å². The van der Waals surface area contributed by atoms with Gasteiger partial charge < -0.3 is 4.90 Å². The normalized spacial score (nSPS) is 14.4. The van der Waals surface area contributed by atoms with E-state index in [4.69, 9.17) is 0 Å². The summed E-state index contributed by atoms with van der Waals surface area (Å²) in [5.41, 5.74) is 1.56. The Balaban J connectivity index is 4.44. The largest absolute Gasteiger partial charge is 0.309 e. The monoisotopic (exact) mass is 279 g/mol. The van der Waals surface area contributed by atoms with Gasteiger partial charge in [-0.3, -0.25) is 0 Å². The molecule has 20 heavy (non-hydrogen) atoms. The zero-order chi connectivity index (χ0) is 15.8. The molecular formula is C19H37N. The number of hydrogen-bond donors (Lipinski definition) is 0. The van der Waals surface area contributed by atoms with Crippen LogP contribution in [0.2, 0.25) is 0 Å². The van der Waals surface area contributed by atoms with Crippen molar-refractivity contribution in [1.82, 2.24) is 4.90 Å². The van der Waals surface area contributed by atoms with Crippen LogP contribution in [0, 0.1) is 17.3 Å². The summed E-state index contributed by atoms with van der Waals surface area (Å²) < 4.78 is 0. The van der Waals surface area contributed by atoms with E-state index < -0.39 is 0 Å². The first-order valence-electron chi connectivity index (χ1n) is 8.18. The van der Waals surface area contributed by atoms with Crippen LogP contribution in [-0.2, 0) is 0 Å². The first-order valence-corrected chi connectivity index (χ1v) is 8.18. The Bertz CT molecular complexity index is 297. The van der Waals surface area contributed by atoms with Crippen molar-refractivity contribution >= 4 is 0 Å². The van der Waals surface area contributed by atoms with E-state index in [0.29, 0.717) is 11.3 Å². The third kappa shape index (κ3) is 9.36. The molecule has 0 aromatic carbocycles. The van der Waals surface area contributed by atoms with Gasteiger partial charge >= 0.3 is 0 Å². The molecule has 0 aromatic heterocycles. The fourth-order valence-corrected chi connectivity index (χ4v) is 2.94. The molecule has 0 aliphatic carbocycles. The Morgan fingerprint density at radius 3 is 2.30 bits per heavy atom. The molecule has 118 valence electrons. The summed E-state index contributed by atoms with van der Waals surface area (Å²) in [6.45, 7) is 16.9. The number of allylic oxidation sites excluding steroid dienone is 3. The van der Waals surface area contributed by atoms with Crippen LogP contribution >= 0.6 is 0 Å². The molecule has 0 radical (unpaired) electrons. The SMILES string of the molecule is C=C(/C=C\C(CCCC)C(C)C)CC(C)(C)CN(C)C. The standard InChI is InChI=1S/C19H37N/c1-9-10-11-18(16(2)3)13-12-17(4)14-19(5,6)15-20(7)8/h12-13,16,18H,4,9-11,14-15H2,1-3,5-8H3/b13-12-. The van der Waals surface area contributed by atoms with E-state index in [1.54, 1.807) is 0 Å². The Labute approximate surface area is 128 Å². The zero-order valence-electron chi connectivity index (χ0n) is 15.0. The van der Waals surface area contributed by atoms with Gasteiger partial charge in [-0.1, -0.05) is 71.8 Å². The van der Waals surface area contributed by atoms with E-state index in [0.717, 1.165) is 18.9 Å². The van der Waals surface area contributed by atoms with Crippen LogP contribution in [0.15, 0.2) is 24.3 Å². The van der Waals surface area contributed by atoms with Crippen LogP contribution in [0.1, 0.15) is 60.3 Å². The van der Waals surface area contributed by atoms with Crippen molar-refractivity contribution in [1.29, 1.82) is 0 Å². The Morgan fingerprint density at radius 2 is 1.85 bits per heavy atom. The van der Waals surface area contributed by atoms with Crippen molar-refractivity contribution in [3.63, 3.8) is 0 Å². The molecule has 0 N–H and O–H groups in total. The van der Waals surface area contributed by atoms with Gasteiger partial charge in [0.1, 0.15) is 0 Å². The minimum absolute atomic E-state index is 0.293. The molecule has 0 aromatic rings. The van der Waals surface area contributed by atoms with E-state index in [9.17, 15) is 0 Å². The highest BCUT2D eigenvalue weighted by Gasteiger charge is 2.19. The molecule has 0 aliphatic rings. The van der Waals surface area contributed by atoms with E-state index in [1.165, 1.54) is 24.8 Å². The number of hydrogen-bond acceptors (Lipinski definition) is 1. The van der Waals surface area contributed by atoms with Crippen LogP contribution in [0.25, 0.3) is 0 Å². The molecule has 0 saturated carbocycles. The number of unbranched alkanes of at least 4 members (excludes halogenated alkanes) is 1. The van der Waals surface area contributed by atoms with E-state index in [1.807, 2.05) is 0 Å². The van der Waals surface area contributed by atoms with Crippen molar-refractivity contribution in [3.05, 3.63) is 24.3 Å². The molecule has 0 spiro atoms. The molecule has 0 saturated heterocycles. The second-order valence-electron chi connectivity index (χ2n) is 7.65. The van der Waals surface area contributed by atoms with Crippen molar-refractivity contribution in [2.45, 2.75) is 60.3 Å². The van der Waals surface area contributed by atoms with Crippen molar-refractivity contribution < 1.29 is 0 Å². The smallest absolute Gasteiger partial charge is 0.00298 e. The van der Waals surface area contributed by atoms with Crippen LogP contribution in [-0.4, -0.2) is 25.5 Å². The van der Waals surface area contributed by atoms with Crippen molar-refractivity contribution in [3.8, 4) is 0 Å². The lowest BCUT2D eigenvalue weighted by molar-refractivity contribution is 0.240. The summed E-state index contributed by atoms with van der Waals surface area (Å²) in [5, 5.41) is 0. The van der Waals surface area contributed by atoms with Crippen LogP contribution < -0.4 is 0 Å². The summed E-state index contributed by atoms with van der Waals surface area (Å²) in [6.07, 6.45) is 9.66. The van der Waals surface area contributed by atoms with E-state index >= 15 is 0 Å². The lowest BCUT2D eigenvalue weighted by Gasteiger charge is -2.28. The second-order valence-corrected chi connectivity index (χ2v) is 7.65. The van der Waals surface area contributed by atoms with Gasteiger partial charge in [0.15, 0.2) is 0 Å². The fraction of sp³-hybridized carbons (Fsp3) is 0.789. The Hall–Kier alpha value is -0.560. The summed E-state index contributed by atoms with van der Waals surface area (Å²) in [7, 11) is 4.28. The quantitative estimate of drug-likeness (QED) is 0.475. The molecule has 1 heteroatoms. The number of nitrogens with zero attached hydrogens (tertiary/aromatic N) is 1. The average Bonchev–Trinajstić information content (AvgIpc) is 2.25. The van der Waals surface area contributed by atoms with Crippen molar-refractivity contribution in [2.75, 3.05) is 20.6 Å². The first-order chi connectivity index (χ1) is 9.18. The molecule has 1 atom stereocenters. The molecular weight excluding hydrogens is 242 g/mol. The van der Waals surface area contributed by atoms with Gasteiger partial charge in [0, 0.05) is 6.54 Å². The third-order valence-electron chi connectivity index (χ3n) is 3.78. The minimum atomic E-state index is 0.293. The van der Waals surface area contributed by atoms with Crippen LogP contribution in [0.5, 0.6) is 0 Å². The maximum Gasteiger partial charge on any atom is 0.00298 e. The maximum atomic E-state index is 4.25. The molecule has 0 heterocycles. The lowest BCUT2D eigenvalue weighted by atomic mass is 9.84. The maximum absolute atomic E-state index is 4.25. The molecule has 1 nitrogen and oxygen atoms in total. The van der Waals surface area contributed by atoms with Gasteiger partial charge in [-0.15, -0.1) is 0 Å². The predicted molar refractivity (Wildman–Crippen MR) is 93.1 cm³/mol. The lowest BCUT2D eigenvalue weighted by Crippen LogP contribution is -2.28. The molecule has 1 unspecified atom stereocenters. The summed E-state index contributed by atoms with van der Waals surface area (Å²) in [4.78, 5) is 2.26. The van der Waals surface area contributed by atoms with Crippen LogP contribution in [0.4, 0.5) is 0 Å². The van der Waals surface area contributed by atoms with Gasteiger partial charge in [-0.2, -0.15) is 0 Å². The molecule has 0 fully saturated rings. The topological polar surface area (TPSA) is 3.24 Å². The number of rotatable bonds is 10. The van der Waals surface area contributed by atoms with Crippen molar-refractivity contribution in [2.24, 2.45) is 17.3 Å².